The number of hydrogen-bond donors (Lipinski definition) is 1. The number of oxazole rings is 1. The zero-order chi connectivity index (χ0) is 15.1. The number of nitrogens with one attached hydrogen (secondary N) is 1. The smallest absolute Gasteiger partial charge is 0.302 e. The van der Waals surface area contributed by atoms with Crippen molar-refractivity contribution in [1.29, 1.82) is 0 Å². The average Bonchev–Trinajstić information content (AvgIpc) is 3.10. The summed E-state index contributed by atoms with van der Waals surface area (Å²) >= 11 is 7.67. The monoisotopic (exact) mass is 329 g/mol. The van der Waals surface area contributed by atoms with E-state index >= 15 is 0 Å². The number of nitrogens with zero attached hydrogens (tertiary/aromatic N) is 2. The largest absolute Gasteiger partial charge is 0.423 e. The maximum absolute atomic E-state index is 6.15. The zero-order valence-corrected chi connectivity index (χ0v) is 13.3. The van der Waals surface area contributed by atoms with E-state index in [0.717, 1.165) is 27.7 Å². The molecule has 22 heavy (non-hydrogen) atoms. The van der Waals surface area contributed by atoms with Crippen LogP contribution in [-0.2, 0) is 6.42 Å². The van der Waals surface area contributed by atoms with Gasteiger partial charge >= 0.3 is 6.01 Å². The molecule has 0 radical (unpaired) electrons. The molecule has 1 N–H and O–H groups in total. The van der Waals surface area contributed by atoms with E-state index in [0.29, 0.717) is 16.2 Å². The van der Waals surface area contributed by atoms with Crippen LogP contribution in [0.1, 0.15) is 12.5 Å². The SMILES string of the molecule is CCc1ccc2oc(Nc3nc4c(Cl)cccc4s3)nc2c1. The van der Waals surface area contributed by atoms with Gasteiger partial charge in [-0.2, -0.15) is 4.98 Å². The van der Waals surface area contributed by atoms with Gasteiger partial charge in [0, 0.05) is 0 Å². The quantitative estimate of drug-likeness (QED) is 0.547. The first-order chi connectivity index (χ1) is 10.7. The topological polar surface area (TPSA) is 51.0 Å². The average molecular weight is 330 g/mol. The first-order valence-electron chi connectivity index (χ1n) is 6.94. The maximum Gasteiger partial charge on any atom is 0.302 e. The van der Waals surface area contributed by atoms with Crippen LogP contribution in [0.5, 0.6) is 0 Å². The van der Waals surface area contributed by atoms with Crippen molar-refractivity contribution in [2.45, 2.75) is 13.3 Å². The third-order valence-corrected chi connectivity index (χ3v) is 4.68. The Morgan fingerprint density at radius 3 is 2.95 bits per heavy atom. The van der Waals surface area contributed by atoms with Gasteiger partial charge in [-0.15, -0.1) is 0 Å². The molecule has 0 fully saturated rings. The van der Waals surface area contributed by atoms with Crippen LogP contribution >= 0.6 is 22.9 Å². The number of benzene rings is 2. The Hall–Kier alpha value is -2.11. The minimum Gasteiger partial charge on any atom is -0.423 e. The highest BCUT2D eigenvalue weighted by atomic mass is 35.5. The van der Waals surface area contributed by atoms with E-state index in [4.69, 9.17) is 16.0 Å². The van der Waals surface area contributed by atoms with E-state index in [1.54, 1.807) is 0 Å². The summed E-state index contributed by atoms with van der Waals surface area (Å²) in [6.45, 7) is 2.12. The van der Waals surface area contributed by atoms with Gasteiger partial charge in [0.1, 0.15) is 11.0 Å². The molecule has 2 aromatic carbocycles. The lowest BCUT2D eigenvalue weighted by atomic mass is 10.1. The molecule has 6 heteroatoms. The normalized spacial score (nSPS) is 11.4. The Kier molecular flexibility index (Phi) is 3.24. The highest BCUT2D eigenvalue weighted by Gasteiger charge is 2.11. The predicted molar refractivity (Wildman–Crippen MR) is 91.3 cm³/mol. The van der Waals surface area contributed by atoms with E-state index < -0.39 is 0 Å². The van der Waals surface area contributed by atoms with Crippen LogP contribution in [0.3, 0.4) is 0 Å². The number of fused-ring (bicyclic) bond motifs is 2. The van der Waals surface area contributed by atoms with Gasteiger partial charge in [-0.05, 0) is 36.2 Å². The number of anilines is 2. The maximum atomic E-state index is 6.15. The van der Waals surface area contributed by atoms with Crippen molar-refractivity contribution >= 4 is 55.4 Å². The Labute approximate surface area is 135 Å². The van der Waals surface area contributed by atoms with E-state index in [-0.39, 0.29) is 0 Å². The van der Waals surface area contributed by atoms with E-state index in [1.165, 1.54) is 16.9 Å². The van der Waals surface area contributed by atoms with E-state index in [9.17, 15) is 0 Å². The molecule has 2 aromatic heterocycles. The highest BCUT2D eigenvalue weighted by Crippen LogP contribution is 2.32. The predicted octanol–water partition coefficient (Wildman–Crippen LogP) is 5.40. The summed E-state index contributed by atoms with van der Waals surface area (Å²) in [5, 5.41) is 4.48. The molecule has 0 aliphatic carbocycles. The summed E-state index contributed by atoms with van der Waals surface area (Å²) in [7, 11) is 0. The molecule has 4 rings (SSSR count). The molecule has 4 aromatic rings. The Morgan fingerprint density at radius 1 is 1.23 bits per heavy atom. The standard InChI is InChI=1S/C16H12ClN3OS/c1-2-9-6-7-12-11(8-9)18-15(21-12)20-16-19-14-10(17)4-3-5-13(14)22-16/h3-8H,2H2,1H3,(H,18,19,20). The number of halogens is 1. The molecule has 0 aliphatic heterocycles. The molecule has 4 nitrogen and oxygen atoms in total. The Balaban J connectivity index is 1.70. The van der Waals surface area contributed by atoms with Gasteiger partial charge < -0.3 is 4.42 Å². The first-order valence-corrected chi connectivity index (χ1v) is 8.14. The van der Waals surface area contributed by atoms with Crippen molar-refractivity contribution in [2.24, 2.45) is 0 Å². The number of thiazole rings is 1. The van der Waals surface area contributed by atoms with Crippen molar-refractivity contribution in [1.82, 2.24) is 9.97 Å². The molecule has 0 unspecified atom stereocenters. The molecule has 0 atom stereocenters. The third kappa shape index (κ3) is 2.32. The first kappa shape index (κ1) is 13.5. The molecule has 0 aliphatic rings. The van der Waals surface area contributed by atoms with E-state index in [1.807, 2.05) is 30.3 Å². The van der Waals surface area contributed by atoms with Gasteiger partial charge in [-0.3, -0.25) is 5.32 Å². The van der Waals surface area contributed by atoms with Gasteiger partial charge in [-0.1, -0.05) is 42.0 Å². The van der Waals surface area contributed by atoms with Crippen molar-refractivity contribution in [2.75, 3.05) is 5.32 Å². The minimum atomic E-state index is 0.443. The molecular formula is C16H12ClN3OS. The van der Waals surface area contributed by atoms with Crippen LogP contribution in [0, 0.1) is 0 Å². The molecule has 110 valence electrons. The van der Waals surface area contributed by atoms with Crippen LogP contribution in [0.4, 0.5) is 11.1 Å². The Morgan fingerprint density at radius 2 is 2.14 bits per heavy atom. The van der Waals surface area contributed by atoms with Gasteiger partial charge in [0.15, 0.2) is 10.7 Å². The number of para-hydroxylation sites is 1. The molecule has 0 bridgehead atoms. The van der Waals surface area contributed by atoms with Crippen molar-refractivity contribution < 1.29 is 4.42 Å². The summed E-state index contributed by atoms with van der Waals surface area (Å²) in [5.74, 6) is 0. The lowest BCUT2D eigenvalue weighted by Crippen LogP contribution is -1.88. The van der Waals surface area contributed by atoms with Crippen molar-refractivity contribution in [3.05, 3.63) is 47.0 Å². The van der Waals surface area contributed by atoms with Gasteiger partial charge in [0.2, 0.25) is 0 Å². The summed E-state index contributed by atoms with van der Waals surface area (Å²) in [6, 6.07) is 12.2. The number of aryl methyl sites for hydroxylation is 1. The zero-order valence-electron chi connectivity index (χ0n) is 11.8. The lowest BCUT2D eigenvalue weighted by molar-refractivity contribution is 0.623. The van der Waals surface area contributed by atoms with Crippen LogP contribution in [0.2, 0.25) is 5.02 Å². The second-order valence-electron chi connectivity index (χ2n) is 4.91. The molecule has 0 saturated carbocycles. The summed E-state index contributed by atoms with van der Waals surface area (Å²) in [6.07, 6.45) is 0.974. The summed E-state index contributed by atoms with van der Waals surface area (Å²) in [4.78, 5) is 8.95. The van der Waals surface area contributed by atoms with Crippen LogP contribution in [-0.4, -0.2) is 9.97 Å². The fraction of sp³-hybridized carbons (Fsp3) is 0.125. The van der Waals surface area contributed by atoms with Gasteiger partial charge in [0.25, 0.3) is 0 Å². The van der Waals surface area contributed by atoms with Crippen molar-refractivity contribution in [3.8, 4) is 0 Å². The number of rotatable bonds is 3. The molecule has 2 heterocycles. The van der Waals surface area contributed by atoms with Crippen LogP contribution in [0.25, 0.3) is 21.3 Å². The number of hydrogen-bond acceptors (Lipinski definition) is 5. The van der Waals surface area contributed by atoms with Crippen LogP contribution in [0.15, 0.2) is 40.8 Å². The second kappa shape index (κ2) is 5.26. The van der Waals surface area contributed by atoms with Gasteiger partial charge in [-0.25, -0.2) is 4.98 Å². The summed E-state index contributed by atoms with van der Waals surface area (Å²) < 4.78 is 6.74. The molecule has 0 saturated heterocycles. The Bertz CT molecular complexity index is 976. The number of aromatic nitrogens is 2. The molecule has 0 spiro atoms. The summed E-state index contributed by atoms with van der Waals surface area (Å²) in [5.41, 5.74) is 3.64. The minimum absolute atomic E-state index is 0.443. The molecular weight excluding hydrogens is 318 g/mol. The van der Waals surface area contributed by atoms with Crippen LogP contribution < -0.4 is 5.32 Å². The van der Waals surface area contributed by atoms with Crippen molar-refractivity contribution in [3.63, 3.8) is 0 Å². The second-order valence-corrected chi connectivity index (χ2v) is 6.34. The van der Waals surface area contributed by atoms with Gasteiger partial charge in [0.05, 0.1) is 9.72 Å². The van der Waals surface area contributed by atoms with E-state index in [2.05, 4.69) is 28.3 Å². The lowest BCUT2D eigenvalue weighted by Gasteiger charge is -1.93. The molecule has 0 amide bonds. The highest BCUT2D eigenvalue weighted by molar-refractivity contribution is 7.22. The fourth-order valence-electron chi connectivity index (χ4n) is 2.31. The third-order valence-electron chi connectivity index (χ3n) is 3.44. The fourth-order valence-corrected chi connectivity index (χ4v) is 3.46.